The predicted molar refractivity (Wildman–Crippen MR) is 125 cm³/mol. The lowest BCUT2D eigenvalue weighted by Gasteiger charge is -2.34. The third-order valence-electron chi connectivity index (χ3n) is 5.53. The molecule has 0 bridgehead atoms. The second-order valence-corrected chi connectivity index (χ2v) is 11.1. The second-order valence-electron chi connectivity index (χ2n) is 11.1. The van der Waals surface area contributed by atoms with Crippen molar-refractivity contribution < 1.29 is 14.3 Å². The first-order valence-corrected chi connectivity index (χ1v) is 12.3. The molecular weight excluding hydrogens is 360 g/mol. The maximum absolute atomic E-state index is 12.7. The maximum atomic E-state index is 12.7. The quantitative estimate of drug-likeness (QED) is 0.199. The van der Waals surface area contributed by atoms with E-state index in [9.17, 15) is 4.79 Å². The standard InChI is InChI=1S/C26H52O3/c1-10-12-14-16-18-22(19-17-15-13-11-2)23(21(3)4)28-24(27)29-26(8,9)20-25(5,6)7/h21-23H,10-20H2,1-9H3. The fourth-order valence-corrected chi connectivity index (χ4v) is 4.59. The molecule has 1 atom stereocenters. The molecule has 3 nitrogen and oxygen atoms in total. The monoisotopic (exact) mass is 412 g/mol. The molecule has 0 spiro atoms. The Morgan fingerprint density at radius 1 is 0.793 bits per heavy atom. The van der Waals surface area contributed by atoms with Gasteiger partial charge in [-0.1, -0.05) is 99.8 Å². The molecule has 0 heterocycles. The van der Waals surface area contributed by atoms with E-state index < -0.39 is 11.8 Å². The molecule has 0 aromatic carbocycles. The van der Waals surface area contributed by atoms with Crippen LogP contribution in [-0.4, -0.2) is 17.9 Å². The largest absolute Gasteiger partial charge is 0.509 e. The molecule has 0 radical (unpaired) electrons. The van der Waals surface area contributed by atoms with Gasteiger partial charge >= 0.3 is 6.16 Å². The van der Waals surface area contributed by atoms with E-state index in [1.54, 1.807) is 0 Å². The zero-order valence-corrected chi connectivity index (χ0v) is 21.2. The van der Waals surface area contributed by atoms with E-state index in [2.05, 4.69) is 48.5 Å². The fraction of sp³-hybridized carbons (Fsp3) is 0.962. The van der Waals surface area contributed by atoms with E-state index in [-0.39, 0.29) is 11.5 Å². The van der Waals surface area contributed by atoms with Crippen LogP contribution in [0.15, 0.2) is 0 Å². The van der Waals surface area contributed by atoms with E-state index in [0.29, 0.717) is 11.8 Å². The molecule has 0 fully saturated rings. The van der Waals surface area contributed by atoms with Crippen molar-refractivity contribution in [3.63, 3.8) is 0 Å². The fourth-order valence-electron chi connectivity index (χ4n) is 4.59. The minimum Gasteiger partial charge on any atom is -0.430 e. The Hall–Kier alpha value is -0.730. The van der Waals surface area contributed by atoms with Gasteiger partial charge in [-0.15, -0.1) is 0 Å². The van der Waals surface area contributed by atoms with Gasteiger partial charge in [-0.05, 0) is 50.4 Å². The van der Waals surface area contributed by atoms with Crippen LogP contribution >= 0.6 is 0 Å². The van der Waals surface area contributed by atoms with Crippen LogP contribution in [0.4, 0.5) is 4.79 Å². The van der Waals surface area contributed by atoms with Crippen LogP contribution in [-0.2, 0) is 9.47 Å². The molecule has 29 heavy (non-hydrogen) atoms. The van der Waals surface area contributed by atoms with Crippen LogP contribution in [0.2, 0.25) is 0 Å². The Bertz CT molecular complexity index is 408. The number of carbonyl (C=O) groups excluding carboxylic acids is 1. The molecule has 0 N–H and O–H groups in total. The number of carbonyl (C=O) groups is 1. The van der Waals surface area contributed by atoms with Crippen molar-refractivity contribution in [2.75, 3.05) is 0 Å². The topological polar surface area (TPSA) is 35.5 Å². The lowest BCUT2D eigenvalue weighted by molar-refractivity contribution is -0.0697. The zero-order valence-electron chi connectivity index (χ0n) is 21.2. The number of unbranched alkanes of at least 4 members (excludes halogenated alkanes) is 6. The van der Waals surface area contributed by atoms with Gasteiger partial charge in [0.25, 0.3) is 0 Å². The van der Waals surface area contributed by atoms with Gasteiger partial charge < -0.3 is 9.47 Å². The normalized spacial score (nSPS) is 13.8. The van der Waals surface area contributed by atoms with Crippen molar-refractivity contribution in [3.8, 4) is 0 Å². The SMILES string of the molecule is CCCCCCC(CCCCCC)C(OC(=O)OC(C)(C)CC(C)(C)C)C(C)C. The highest BCUT2D eigenvalue weighted by atomic mass is 16.7. The van der Waals surface area contributed by atoms with Crippen LogP contribution in [0.3, 0.4) is 0 Å². The van der Waals surface area contributed by atoms with Crippen LogP contribution in [0.25, 0.3) is 0 Å². The van der Waals surface area contributed by atoms with Crippen molar-refractivity contribution in [2.24, 2.45) is 17.3 Å². The first kappa shape index (κ1) is 28.3. The molecule has 1 unspecified atom stereocenters. The van der Waals surface area contributed by atoms with Crippen LogP contribution in [0, 0.1) is 17.3 Å². The smallest absolute Gasteiger partial charge is 0.430 e. The average Bonchev–Trinajstić information content (AvgIpc) is 2.55. The average molecular weight is 413 g/mol. The summed E-state index contributed by atoms with van der Waals surface area (Å²) in [5.41, 5.74) is -0.420. The van der Waals surface area contributed by atoms with Gasteiger partial charge in [0.05, 0.1) is 0 Å². The summed E-state index contributed by atoms with van der Waals surface area (Å²) in [5, 5.41) is 0. The Kier molecular flexibility index (Phi) is 13.9. The highest BCUT2D eigenvalue weighted by Crippen LogP contribution is 2.32. The summed E-state index contributed by atoms with van der Waals surface area (Å²) in [5.74, 6) is 0.734. The van der Waals surface area contributed by atoms with E-state index in [0.717, 1.165) is 19.3 Å². The van der Waals surface area contributed by atoms with Gasteiger partial charge in [-0.3, -0.25) is 0 Å². The van der Waals surface area contributed by atoms with Crippen LogP contribution < -0.4 is 0 Å². The zero-order chi connectivity index (χ0) is 22.5. The number of hydrogen-bond donors (Lipinski definition) is 0. The summed E-state index contributed by atoms with van der Waals surface area (Å²) in [6.07, 6.45) is 12.6. The van der Waals surface area contributed by atoms with E-state index in [1.165, 1.54) is 51.4 Å². The molecule has 0 aliphatic rings. The Morgan fingerprint density at radius 2 is 1.28 bits per heavy atom. The molecule has 0 rings (SSSR count). The molecule has 174 valence electrons. The minimum atomic E-state index is -0.519. The van der Waals surface area contributed by atoms with Crippen molar-refractivity contribution in [1.29, 1.82) is 0 Å². The highest BCUT2D eigenvalue weighted by Gasteiger charge is 2.33. The third kappa shape index (κ3) is 14.8. The molecule has 0 aromatic rings. The number of ether oxygens (including phenoxy) is 2. The molecule has 0 amide bonds. The van der Waals surface area contributed by atoms with Gasteiger partial charge in [-0.25, -0.2) is 4.79 Å². The lowest BCUT2D eigenvalue weighted by Crippen LogP contribution is -2.37. The molecule has 3 heteroatoms. The predicted octanol–water partition coefficient (Wildman–Crippen LogP) is 8.94. The summed E-state index contributed by atoms with van der Waals surface area (Å²) in [4.78, 5) is 12.7. The molecule has 0 aliphatic heterocycles. The number of hydrogen-bond acceptors (Lipinski definition) is 3. The highest BCUT2D eigenvalue weighted by molar-refractivity contribution is 5.60. The van der Waals surface area contributed by atoms with Crippen LogP contribution in [0.1, 0.15) is 133 Å². The van der Waals surface area contributed by atoms with Crippen molar-refractivity contribution >= 4 is 6.16 Å². The first-order chi connectivity index (χ1) is 13.4. The van der Waals surface area contributed by atoms with Gasteiger partial charge in [0.2, 0.25) is 0 Å². The maximum Gasteiger partial charge on any atom is 0.509 e. The summed E-state index contributed by atoms with van der Waals surface area (Å²) >= 11 is 0. The van der Waals surface area contributed by atoms with Crippen LogP contribution in [0.5, 0.6) is 0 Å². The van der Waals surface area contributed by atoms with E-state index in [1.807, 2.05) is 13.8 Å². The Balaban J connectivity index is 4.99. The van der Waals surface area contributed by atoms with Gasteiger partial charge in [0.1, 0.15) is 11.7 Å². The van der Waals surface area contributed by atoms with Crippen molar-refractivity contribution in [2.45, 2.75) is 145 Å². The summed E-state index contributed by atoms with van der Waals surface area (Å²) in [7, 11) is 0. The minimum absolute atomic E-state index is 0.0591. The molecule has 0 saturated heterocycles. The van der Waals surface area contributed by atoms with E-state index >= 15 is 0 Å². The summed E-state index contributed by atoms with van der Waals surface area (Å²) in [6.45, 7) is 19.3. The summed E-state index contributed by atoms with van der Waals surface area (Å²) in [6, 6.07) is 0. The number of rotatable bonds is 15. The van der Waals surface area contributed by atoms with E-state index in [4.69, 9.17) is 9.47 Å². The van der Waals surface area contributed by atoms with Crippen molar-refractivity contribution in [3.05, 3.63) is 0 Å². The molecular formula is C26H52O3. The van der Waals surface area contributed by atoms with Gasteiger partial charge in [-0.2, -0.15) is 0 Å². The first-order valence-electron chi connectivity index (χ1n) is 12.3. The second kappa shape index (κ2) is 14.3. The molecule has 0 saturated carbocycles. The summed E-state index contributed by atoms with van der Waals surface area (Å²) < 4.78 is 11.7. The van der Waals surface area contributed by atoms with Crippen molar-refractivity contribution in [1.82, 2.24) is 0 Å². The lowest BCUT2D eigenvalue weighted by atomic mass is 9.83. The molecule has 0 aliphatic carbocycles. The third-order valence-corrected chi connectivity index (χ3v) is 5.53. The Morgan fingerprint density at radius 3 is 1.66 bits per heavy atom. The van der Waals surface area contributed by atoms with Gasteiger partial charge in [0.15, 0.2) is 0 Å². The Labute approximate surface area is 182 Å². The molecule has 0 aromatic heterocycles. The van der Waals surface area contributed by atoms with Gasteiger partial charge in [0, 0.05) is 0 Å².